The van der Waals surface area contributed by atoms with Crippen LogP contribution in [-0.4, -0.2) is 38.6 Å². The van der Waals surface area contributed by atoms with Crippen LogP contribution in [0.25, 0.3) is 0 Å². The molecule has 1 atom stereocenters. The molecule has 0 heterocycles. The Labute approximate surface area is 108 Å². The molecule has 0 fully saturated rings. The second-order valence-corrected chi connectivity index (χ2v) is 4.02. The van der Waals surface area contributed by atoms with Crippen LogP contribution in [0.2, 0.25) is 0 Å². The molecule has 1 aromatic carbocycles. The SMILES string of the molecule is COCCOCCCOc1ccccc1C(C)O. The minimum absolute atomic E-state index is 0.515. The van der Waals surface area contributed by atoms with E-state index in [-0.39, 0.29) is 0 Å². The first kappa shape index (κ1) is 15.0. The fourth-order valence-corrected chi connectivity index (χ4v) is 1.54. The molecule has 4 heteroatoms. The van der Waals surface area contributed by atoms with Crippen LogP contribution in [0.4, 0.5) is 0 Å². The van der Waals surface area contributed by atoms with Gasteiger partial charge >= 0.3 is 0 Å². The first-order valence-electron chi connectivity index (χ1n) is 6.22. The van der Waals surface area contributed by atoms with Gasteiger partial charge in [0.15, 0.2) is 0 Å². The third-order valence-electron chi connectivity index (χ3n) is 2.49. The fourth-order valence-electron chi connectivity index (χ4n) is 1.54. The van der Waals surface area contributed by atoms with Crippen LogP contribution < -0.4 is 4.74 Å². The molecule has 0 radical (unpaired) electrons. The third kappa shape index (κ3) is 5.49. The maximum atomic E-state index is 9.59. The van der Waals surface area contributed by atoms with Gasteiger partial charge in [0.2, 0.25) is 0 Å². The fraction of sp³-hybridized carbons (Fsp3) is 0.571. The molecule has 18 heavy (non-hydrogen) atoms. The molecule has 0 saturated heterocycles. The summed E-state index contributed by atoms with van der Waals surface area (Å²) in [6.07, 6.45) is 0.303. The molecular formula is C14H22O4. The Hall–Kier alpha value is -1.10. The van der Waals surface area contributed by atoms with Crippen LogP contribution in [0.1, 0.15) is 25.0 Å². The predicted molar refractivity (Wildman–Crippen MR) is 69.9 cm³/mol. The van der Waals surface area contributed by atoms with Crippen molar-refractivity contribution in [2.45, 2.75) is 19.4 Å². The monoisotopic (exact) mass is 254 g/mol. The van der Waals surface area contributed by atoms with Crippen LogP contribution in [0.15, 0.2) is 24.3 Å². The van der Waals surface area contributed by atoms with Gasteiger partial charge in [-0.3, -0.25) is 0 Å². The molecule has 0 aliphatic carbocycles. The van der Waals surface area contributed by atoms with Gasteiger partial charge in [-0.05, 0) is 13.0 Å². The lowest BCUT2D eigenvalue weighted by Gasteiger charge is -2.13. The summed E-state index contributed by atoms with van der Waals surface area (Å²) in [5.41, 5.74) is 0.817. The van der Waals surface area contributed by atoms with Gasteiger partial charge in [-0.2, -0.15) is 0 Å². The second kappa shape index (κ2) is 8.91. The number of aliphatic hydroxyl groups excluding tert-OH is 1. The van der Waals surface area contributed by atoms with Crippen molar-refractivity contribution < 1.29 is 19.3 Å². The van der Waals surface area contributed by atoms with Gasteiger partial charge in [-0.1, -0.05) is 18.2 Å². The van der Waals surface area contributed by atoms with Gasteiger partial charge in [0.25, 0.3) is 0 Å². The third-order valence-corrected chi connectivity index (χ3v) is 2.49. The van der Waals surface area contributed by atoms with Crippen molar-refractivity contribution in [3.8, 4) is 5.75 Å². The van der Waals surface area contributed by atoms with E-state index in [0.717, 1.165) is 17.7 Å². The first-order valence-corrected chi connectivity index (χ1v) is 6.22. The summed E-state index contributed by atoms with van der Waals surface area (Å²) in [7, 11) is 1.65. The number of ether oxygens (including phenoxy) is 3. The van der Waals surface area contributed by atoms with Crippen molar-refractivity contribution in [2.75, 3.05) is 33.5 Å². The van der Waals surface area contributed by atoms with Gasteiger partial charge in [0, 0.05) is 25.7 Å². The van der Waals surface area contributed by atoms with E-state index in [1.54, 1.807) is 14.0 Å². The number of rotatable bonds is 9. The van der Waals surface area contributed by atoms with Crippen LogP contribution in [0.5, 0.6) is 5.75 Å². The topological polar surface area (TPSA) is 47.9 Å². The van der Waals surface area contributed by atoms with E-state index in [2.05, 4.69) is 0 Å². The molecule has 1 N–H and O–H groups in total. The largest absolute Gasteiger partial charge is 0.493 e. The van der Waals surface area contributed by atoms with Crippen molar-refractivity contribution in [3.05, 3.63) is 29.8 Å². The summed E-state index contributed by atoms with van der Waals surface area (Å²) in [6, 6.07) is 7.53. The Morgan fingerprint density at radius 1 is 1.11 bits per heavy atom. The summed E-state index contributed by atoms with van der Waals surface area (Å²) in [6.45, 7) is 4.19. The van der Waals surface area contributed by atoms with Crippen LogP contribution in [0, 0.1) is 0 Å². The van der Waals surface area contributed by atoms with Crippen LogP contribution in [-0.2, 0) is 9.47 Å². The number of benzene rings is 1. The molecule has 102 valence electrons. The number of hydrogen-bond acceptors (Lipinski definition) is 4. The second-order valence-electron chi connectivity index (χ2n) is 4.02. The minimum Gasteiger partial charge on any atom is -0.493 e. The molecular weight excluding hydrogens is 232 g/mol. The summed E-state index contributed by atoms with van der Waals surface area (Å²) in [5.74, 6) is 0.740. The highest BCUT2D eigenvalue weighted by molar-refractivity contribution is 5.34. The van der Waals surface area contributed by atoms with E-state index in [1.807, 2.05) is 24.3 Å². The molecule has 0 aromatic heterocycles. The standard InChI is InChI=1S/C14H22O4/c1-12(15)13-6-3-4-7-14(13)18-9-5-8-17-11-10-16-2/h3-4,6-7,12,15H,5,8-11H2,1-2H3. The molecule has 0 saturated carbocycles. The molecule has 0 aliphatic rings. The number of para-hydroxylation sites is 1. The zero-order valence-electron chi connectivity index (χ0n) is 11.1. The molecule has 1 unspecified atom stereocenters. The van der Waals surface area contributed by atoms with Crippen LogP contribution >= 0.6 is 0 Å². The Morgan fingerprint density at radius 3 is 2.61 bits per heavy atom. The van der Waals surface area contributed by atoms with E-state index in [1.165, 1.54) is 0 Å². The molecule has 0 bridgehead atoms. The maximum absolute atomic E-state index is 9.59. The zero-order valence-corrected chi connectivity index (χ0v) is 11.1. The lowest BCUT2D eigenvalue weighted by atomic mass is 10.1. The van der Waals surface area contributed by atoms with E-state index in [9.17, 15) is 5.11 Å². The smallest absolute Gasteiger partial charge is 0.125 e. The molecule has 0 amide bonds. The van der Waals surface area contributed by atoms with Gasteiger partial charge in [0.05, 0.1) is 25.9 Å². The Morgan fingerprint density at radius 2 is 1.89 bits per heavy atom. The number of aliphatic hydroxyl groups is 1. The van der Waals surface area contributed by atoms with Crippen molar-refractivity contribution in [3.63, 3.8) is 0 Å². The lowest BCUT2D eigenvalue weighted by Crippen LogP contribution is -2.07. The zero-order chi connectivity index (χ0) is 13.2. The van der Waals surface area contributed by atoms with E-state index in [0.29, 0.717) is 26.4 Å². The summed E-state index contributed by atoms with van der Waals surface area (Å²) in [5, 5.41) is 9.59. The number of methoxy groups -OCH3 is 1. The predicted octanol–water partition coefficient (Wildman–Crippen LogP) is 2.17. The highest BCUT2D eigenvalue weighted by atomic mass is 16.5. The summed E-state index contributed by atoms with van der Waals surface area (Å²) >= 11 is 0. The molecule has 0 aliphatic heterocycles. The van der Waals surface area contributed by atoms with Gasteiger partial charge < -0.3 is 19.3 Å². The van der Waals surface area contributed by atoms with Gasteiger partial charge in [-0.25, -0.2) is 0 Å². The van der Waals surface area contributed by atoms with Crippen LogP contribution in [0.3, 0.4) is 0 Å². The van der Waals surface area contributed by atoms with Gasteiger partial charge in [-0.15, -0.1) is 0 Å². The van der Waals surface area contributed by atoms with Crippen molar-refractivity contribution in [1.29, 1.82) is 0 Å². The highest BCUT2D eigenvalue weighted by Crippen LogP contribution is 2.24. The van der Waals surface area contributed by atoms with E-state index < -0.39 is 6.10 Å². The van der Waals surface area contributed by atoms with Crippen molar-refractivity contribution in [2.24, 2.45) is 0 Å². The maximum Gasteiger partial charge on any atom is 0.125 e. The van der Waals surface area contributed by atoms with Crippen molar-refractivity contribution >= 4 is 0 Å². The Bertz CT molecular complexity index is 325. The molecule has 4 nitrogen and oxygen atoms in total. The Kier molecular flexibility index (Phi) is 7.41. The van der Waals surface area contributed by atoms with E-state index >= 15 is 0 Å². The van der Waals surface area contributed by atoms with Gasteiger partial charge in [0.1, 0.15) is 5.75 Å². The number of hydrogen-bond donors (Lipinski definition) is 1. The minimum atomic E-state index is -0.515. The normalized spacial score (nSPS) is 12.4. The summed E-state index contributed by atoms with van der Waals surface area (Å²) in [4.78, 5) is 0. The average Bonchev–Trinajstić information content (AvgIpc) is 2.38. The summed E-state index contributed by atoms with van der Waals surface area (Å²) < 4.78 is 15.8. The molecule has 1 rings (SSSR count). The highest BCUT2D eigenvalue weighted by Gasteiger charge is 2.07. The Balaban J connectivity index is 2.23. The molecule has 1 aromatic rings. The van der Waals surface area contributed by atoms with Crippen molar-refractivity contribution in [1.82, 2.24) is 0 Å². The molecule has 0 spiro atoms. The van der Waals surface area contributed by atoms with E-state index in [4.69, 9.17) is 14.2 Å². The first-order chi connectivity index (χ1) is 8.75. The quantitative estimate of drug-likeness (QED) is 0.686. The average molecular weight is 254 g/mol. The lowest BCUT2D eigenvalue weighted by molar-refractivity contribution is 0.0642.